The fourth-order valence-corrected chi connectivity index (χ4v) is 4.51. The Labute approximate surface area is 219 Å². The van der Waals surface area contributed by atoms with Crippen LogP contribution >= 0.6 is 0 Å². The third-order valence-corrected chi connectivity index (χ3v) is 6.54. The number of fused-ring (bicyclic) bond motifs is 1. The first-order valence-corrected chi connectivity index (χ1v) is 13.0. The molecule has 3 aromatic carbocycles. The molecule has 37 heavy (non-hydrogen) atoms. The van der Waals surface area contributed by atoms with Crippen LogP contribution < -0.4 is 14.8 Å². The van der Waals surface area contributed by atoms with Crippen LogP contribution in [0.1, 0.15) is 40.9 Å². The lowest BCUT2D eigenvalue weighted by molar-refractivity contribution is -0.123. The average Bonchev–Trinajstić information content (AvgIpc) is 3.23. The molecular formula is C31H37N3O3. The molecule has 4 aromatic rings. The Bertz CT molecular complexity index is 1340. The van der Waals surface area contributed by atoms with Crippen molar-refractivity contribution in [2.24, 2.45) is 0 Å². The highest BCUT2D eigenvalue weighted by atomic mass is 16.5. The molecule has 0 saturated heterocycles. The molecule has 0 spiro atoms. The van der Waals surface area contributed by atoms with Gasteiger partial charge in [0.05, 0.1) is 17.6 Å². The van der Waals surface area contributed by atoms with Gasteiger partial charge in [-0.25, -0.2) is 4.98 Å². The van der Waals surface area contributed by atoms with Crippen molar-refractivity contribution in [2.75, 3.05) is 19.8 Å². The number of nitrogens with zero attached hydrogens (tertiary/aromatic N) is 2. The van der Waals surface area contributed by atoms with Gasteiger partial charge in [-0.1, -0.05) is 42.5 Å². The first-order chi connectivity index (χ1) is 17.9. The van der Waals surface area contributed by atoms with E-state index in [0.29, 0.717) is 19.6 Å². The van der Waals surface area contributed by atoms with Crippen LogP contribution in [0.5, 0.6) is 11.5 Å². The zero-order valence-electron chi connectivity index (χ0n) is 22.3. The molecule has 0 fully saturated rings. The normalized spacial score (nSPS) is 11.0. The van der Waals surface area contributed by atoms with Gasteiger partial charge in [0.15, 0.2) is 6.61 Å². The van der Waals surface area contributed by atoms with Crippen LogP contribution in [0.2, 0.25) is 0 Å². The number of carbonyl (C=O) groups is 1. The lowest BCUT2D eigenvalue weighted by Crippen LogP contribution is -2.31. The van der Waals surface area contributed by atoms with Gasteiger partial charge < -0.3 is 19.4 Å². The molecule has 1 aromatic heterocycles. The molecule has 0 aliphatic carbocycles. The van der Waals surface area contributed by atoms with Crippen LogP contribution in [0.15, 0.2) is 60.7 Å². The van der Waals surface area contributed by atoms with Gasteiger partial charge in [0, 0.05) is 19.5 Å². The summed E-state index contributed by atoms with van der Waals surface area (Å²) in [5.41, 5.74) is 6.57. The number of nitrogens with one attached hydrogen (secondary N) is 1. The number of para-hydroxylation sites is 3. The second-order valence-corrected chi connectivity index (χ2v) is 9.60. The summed E-state index contributed by atoms with van der Waals surface area (Å²) >= 11 is 0. The maximum atomic E-state index is 12.4. The number of rotatable bonds is 12. The summed E-state index contributed by atoms with van der Waals surface area (Å²) in [5.74, 6) is 2.59. The molecule has 0 saturated carbocycles. The molecule has 0 aliphatic heterocycles. The summed E-state index contributed by atoms with van der Waals surface area (Å²) in [6.45, 7) is 10.2. The number of carbonyl (C=O) groups excluding carboxylic acids is 1. The Kier molecular flexibility index (Phi) is 8.83. The van der Waals surface area contributed by atoms with E-state index < -0.39 is 0 Å². The molecule has 0 radical (unpaired) electrons. The first kappa shape index (κ1) is 26.3. The Balaban J connectivity index is 1.29. The molecule has 0 aliphatic rings. The van der Waals surface area contributed by atoms with Crippen molar-refractivity contribution in [3.63, 3.8) is 0 Å². The second-order valence-electron chi connectivity index (χ2n) is 9.60. The van der Waals surface area contributed by atoms with Gasteiger partial charge >= 0.3 is 0 Å². The Morgan fingerprint density at radius 3 is 2.49 bits per heavy atom. The Hall–Kier alpha value is -3.80. The number of aryl methyl sites for hydroxylation is 5. The van der Waals surface area contributed by atoms with Crippen molar-refractivity contribution < 1.29 is 14.3 Å². The molecule has 0 unspecified atom stereocenters. The molecule has 6 heteroatoms. The van der Waals surface area contributed by atoms with Crippen molar-refractivity contribution >= 4 is 16.9 Å². The van der Waals surface area contributed by atoms with Gasteiger partial charge in [0.1, 0.15) is 17.3 Å². The van der Waals surface area contributed by atoms with Crippen molar-refractivity contribution in [3.05, 3.63) is 88.7 Å². The van der Waals surface area contributed by atoms with E-state index in [0.717, 1.165) is 58.9 Å². The zero-order valence-corrected chi connectivity index (χ0v) is 22.3. The number of hydrogen-bond donors (Lipinski definition) is 1. The van der Waals surface area contributed by atoms with E-state index in [1.54, 1.807) is 0 Å². The fourth-order valence-electron chi connectivity index (χ4n) is 4.51. The second kappa shape index (κ2) is 12.4. The minimum atomic E-state index is -0.132. The predicted octanol–water partition coefficient (Wildman–Crippen LogP) is 5.87. The van der Waals surface area contributed by atoms with E-state index in [4.69, 9.17) is 14.5 Å². The highest BCUT2D eigenvalue weighted by Gasteiger charge is 2.12. The van der Waals surface area contributed by atoms with E-state index >= 15 is 0 Å². The molecule has 4 rings (SSSR count). The highest BCUT2D eigenvalue weighted by Crippen LogP contribution is 2.23. The van der Waals surface area contributed by atoms with Gasteiger partial charge in [-0.3, -0.25) is 4.79 Å². The third-order valence-electron chi connectivity index (χ3n) is 6.54. The van der Waals surface area contributed by atoms with Crippen LogP contribution in [-0.2, 0) is 17.8 Å². The summed E-state index contributed by atoms with van der Waals surface area (Å²) < 4.78 is 14.1. The third kappa shape index (κ3) is 6.91. The number of imidazole rings is 1. The van der Waals surface area contributed by atoms with E-state index in [9.17, 15) is 4.79 Å². The molecule has 194 valence electrons. The first-order valence-electron chi connectivity index (χ1n) is 13.0. The maximum absolute atomic E-state index is 12.4. The fraction of sp³-hybridized carbons (Fsp3) is 0.355. The average molecular weight is 500 g/mol. The molecule has 1 N–H and O–H groups in total. The molecular weight excluding hydrogens is 462 g/mol. The smallest absolute Gasteiger partial charge is 0.257 e. The zero-order chi connectivity index (χ0) is 26.2. The standard InChI is InChI=1S/C31H37N3O3/c1-22-14-15-23(2)28(20-22)37-21-30(35)32-17-16-29-33-26-12-5-6-13-27(26)34(29)18-7-8-19-36-31-24(3)10-9-11-25(31)4/h5-6,9-15,20H,7-8,16-19,21H2,1-4H3,(H,32,35). The molecule has 1 amide bonds. The minimum absolute atomic E-state index is 0.00106. The number of ether oxygens (including phenoxy) is 2. The minimum Gasteiger partial charge on any atom is -0.493 e. The topological polar surface area (TPSA) is 65.4 Å². The lowest BCUT2D eigenvalue weighted by Gasteiger charge is -2.13. The Morgan fingerprint density at radius 1 is 0.892 bits per heavy atom. The number of aromatic nitrogens is 2. The largest absolute Gasteiger partial charge is 0.493 e. The summed E-state index contributed by atoms with van der Waals surface area (Å²) in [5, 5.41) is 2.97. The van der Waals surface area contributed by atoms with Crippen LogP contribution in [0.25, 0.3) is 11.0 Å². The van der Waals surface area contributed by atoms with Crippen molar-refractivity contribution in [2.45, 2.75) is 53.5 Å². The molecule has 0 bridgehead atoms. The number of unbranched alkanes of at least 4 members (excludes halogenated alkanes) is 1. The van der Waals surface area contributed by atoms with Crippen molar-refractivity contribution in [1.82, 2.24) is 14.9 Å². The summed E-state index contributed by atoms with van der Waals surface area (Å²) in [6, 6.07) is 20.4. The summed E-state index contributed by atoms with van der Waals surface area (Å²) in [7, 11) is 0. The van der Waals surface area contributed by atoms with Gasteiger partial charge in [0.25, 0.3) is 5.91 Å². The van der Waals surface area contributed by atoms with Crippen LogP contribution in [0.4, 0.5) is 0 Å². The Morgan fingerprint density at radius 2 is 1.68 bits per heavy atom. The molecule has 0 atom stereocenters. The monoisotopic (exact) mass is 499 g/mol. The molecule has 1 heterocycles. The molecule has 6 nitrogen and oxygen atoms in total. The van der Waals surface area contributed by atoms with E-state index in [-0.39, 0.29) is 12.5 Å². The van der Waals surface area contributed by atoms with Crippen LogP contribution in [-0.4, -0.2) is 35.2 Å². The van der Waals surface area contributed by atoms with Crippen molar-refractivity contribution in [3.8, 4) is 11.5 Å². The predicted molar refractivity (Wildman–Crippen MR) is 149 cm³/mol. The lowest BCUT2D eigenvalue weighted by atomic mass is 10.1. The van der Waals surface area contributed by atoms with E-state index in [1.165, 1.54) is 11.1 Å². The van der Waals surface area contributed by atoms with E-state index in [2.05, 4.69) is 48.0 Å². The SMILES string of the molecule is Cc1ccc(C)c(OCC(=O)NCCc2nc3ccccc3n2CCCCOc2c(C)cccc2C)c1. The number of benzene rings is 3. The maximum Gasteiger partial charge on any atom is 0.257 e. The summed E-state index contributed by atoms with van der Waals surface area (Å²) in [4.78, 5) is 17.2. The quantitative estimate of drug-likeness (QED) is 0.248. The van der Waals surface area contributed by atoms with Gasteiger partial charge in [-0.05, 0) is 81.0 Å². The number of amides is 1. The van der Waals surface area contributed by atoms with Crippen molar-refractivity contribution in [1.29, 1.82) is 0 Å². The van der Waals surface area contributed by atoms with Gasteiger partial charge in [-0.2, -0.15) is 0 Å². The van der Waals surface area contributed by atoms with Crippen LogP contribution in [0.3, 0.4) is 0 Å². The van der Waals surface area contributed by atoms with Gasteiger partial charge in [-0.15, -0.1) is 0 Å². The highest BCUT2D eigenvalue weighted by molar-refractivity contribution is 5.78. The number of hydrogen-bond acceptors (Lipinski definition) is 4. The summed E-state index contributed by atoms with van der Waals surface area (Å²) in [6.07, 6.45) is 2.59. The van der Waals surface area contributed by atoms with Crippen LogP contribution in [0, 0.1) is 27.7 Å². The van der Waals surface area contributed by atoms with E-state index in [1.807, 2.05) is 50.2 Å². The van der Waals surface area contributed by atoms with Gasteiger partial charge in [0.2, 0.25) is 0 Å².